The lowest BCUT2D eigenvalue weighted by Gasteiger charge is -2.23. The first-order chi connectivity index (χ1) is 9.28. The fourth-order valence-corrected chi connectivity index (χ4v) is 3.90. The summed E-state index contributed by atoms with van der Waals surface area (Å²) >= 11 is 8.66. The second-order valence-electron chi connectivity index (χ2n) is 5.56. The quantitative estimate of drug-likeness (QED) is 0.689. The van der Waals surface area contributed by atoms with E-state index >= 15 is 0 Å². The molecule has 0 spiro atoms. The molecule has 0 bridgehead atoms. The number of hydrogen-bond acceptors (Lipinski definition) is 6. The van der Waals surface area contributed by atoms with Crippen LogP contribution in [-0.2, 0) is 9.47 Å². The maximum Gasteiger partial charge on any atom is 0.0906 e. The zero-order chi connectivity index (χ0) is 13.2. The van der Waals surface area contributed by atoms with Gasteiger partial charge < -0.3 is 14.2 Å². The first-order valence-electron chi connectivity index (χ1n) is 7.07. The van der Waals surface area contributed by atoms with Crippen LogP contribution in [0.1, 0.15) is 25.7 Å². The highest BCUT2D eigenvalue weighted by atomic mass is 32.1. The van der Waals surface area contributed by atoms with Gasteiger partial charge >= 0.3 is 0 Å². The number of likely N-dealkylation sites (tertiary alicyclic amines) is 1. The van der Waals surface area contributed by atoms with Crippen molar-refractivity contribution in [3.8, 4) is 0 Å². The molecule has 1 N–H and O–H groups in total. The third-order valence-corrected chi connectivity index (χ3v) is 5.19. The van der Waals surface area contributed by atoms with E-state index in [9.17, 15) is 0 Å². The van der Waals surface area contributed by atoms with Crippen LogP contribution < -0.4 is 4.72 Å². The van der Waals surface area contributed by atoms with Crippen molar-refractivity contribution < 1.29 is 9.47 Å². The number of nitrogens with one attached hydrogen (secondary N) is 1. The van der Waals surface area contributed by atoms with Gasteiger partial charge in [0.1, 0.15) is 0 Å². The van der Waals surface area contributed by atoms with Gasteiger partial charge in [-0.05, 0) is 25.7 Å². The molecule has 0 aromatic rings. The lowest BCUT2D eigenvalue weighted by Crippen LogP contribution is -2.35. The summed E-state index contributed by atoms with van der Waals surface area (Å²) in [7, 11) is 0. The van der Waals surface area contributed by atoms with Crippen molar-refractivity contribution in [1.29, 1.82) is 0 Å². The molecule has 6 heteroatoms. The second kappa shape index (κ2) is 6.26. The Hall–Kier alpha value is 0.120. The van der Waals surface area contributed by atoms with Crippen molar-refractivity contribution in [2.24, 2.45) is 0 Å². The second-order valence-corrected chi connectivity index (χ2v) is 6.27. The molecule has 2 fully saturated rings. The van der Waals surface area contributed by atoms with E-state index in [4.69, 9.17) is 9.47 Å². The summed E-state index contributed by atoms with van der Waals surface area (Å²) in [6.07, 6.45) is 4.79. The van der Waals surface area contributed by atoms with Gasteiger partial charge in [-0.15, -0.1) is 12.6 Å². The molecular weight excluding hydrogens is 280 g/mol. The standard InChI is InChI=1S/C13H22N2O2S2/c18-13-11(14-19)1-2-12(13)17-10-3-5-15(7-10)9-4-6-16-8-9/h9-10,12,14,18-19H,1-8H2/t9?,10-,12?/m1/s1. The number of thiol groups is 2. The van der Waals surface area contributed by atoms with Crippen molar-refractivity contribution in [3.63, 3.8) is 0 Å². The normalized spacial score (nSPS) is 36.4. The SMILES string of the molecule is SNC1=C(S)C(O[C@@H]2CCN(C3CCOC3)C2)CC1. The van der Waals surface area contributed by atoms with Gasteiger partial charge in [0.25, 0.3) is 0 Å². The Bertz CT molecular complexity index is 359. The van der Waals surface area contributed by atoms with Crippen LogP contribution in [0.15, 0.2) is 10.6 Å². The fourth-order valence-electron chi connectivity index (χ4n) is 3.22. The molecule has 3 rings (SSSR count). The van der Waals surface area contributed by atoms with Crippen LogP contribution >= 0.6 is 25.4 Å². The van der Waals surface area contributed by atoms with Crippen molar-refractivity contribution in [1.82, 2.24) is 9.62 Å². The van der Waals surface area contributed by atoms with Crippen molar-refractivity contribution in [2.45, 2.75) is 43.9 Å². The van der Waals surface area contributed by atoms with Gasteiger partial charge in [0, 0.05) is 36.3 Å². The van der Waals surface area contributed by atoms with Gasteiger partial charge in [0.05, 0.1) is 18.8 Å². The van der Waals surface area contributed by atoms with Crippen LogP contribution in [0.4, 0.5) is 0 Å². The molecule has 19 heavy (non-hydrogen) atoms. The van der Waals surface area contributed by atoms with Gasteiger partial charge in [-0.25, -0.2) is 0 Å². The van der Waals surface area contributed by atoms with E-state index in [2.05, 4.69) is 35.1 Å². The average molecular weight is 302 g/mol. The number of allylic oxidation sites excluding steroid dienone is 1. The minimum Gasteiger partial charge on any atom is -0.380 e. The third-order valence-electron chi connectivity index (χ3n) is 4.36. The van der Waals surface area contributed by atoms with Crippen molar-refractivity contribution >= 4 is 25.4 Å². The molecule has 3 aliphatic rings. The Morgan fingerprint density at radius 3 is 2.89 bits per heavy atom. The molecule has 0 amide bonds. The van der Waals surface area contributed by atoms with E-state index in [0.29, 0.717) is 12.1 Å². The van der Waals surface area contributed by atoms with Crippen LogP contribution in [0.25, 0.3) is 0 Å². The zero-order valence-electron chi connectivity index (χ0n) is 11.0. The van der Waals surface area contributed by atoms with Crippen LogP contribution in [0, 0.1) is 0 Å². The van der Waals surface area contributed by atoms with Crippen LogP contribution in [0.2, 0.25) is 0 Å². The maximum atomic E-state index is 6.22. The van der Waals surface area contributed by atoms with Crippen molar-refractivity contribution in [2.75, 3.05) is 26.3 Å². The summed E-state index contributed by atoms with van der Waals surface area (Å²) in [5, 5.41) is 0. The molecule has 2 unspecified atom stereocenters. The number of hydrogen-bond donors (Lipinski definition) is 3. The molecule has 2 heterocycles. The predicted octanol–water partition coefficient (Wildman–Crippen LogP) is 1.60. The van der Waals surface area contributed by atoms with Crippen LogP contribution in [0.3, 0.4) is 0 Å². The molecule has 3 atom stereocenters. The molecule has 108 valence electrons. The largest absolute Gasteiger partial charge is 0.380 e. The van der Waals surface area contributed by atoms with E-state index in [1.165, 1.54) is 6.42 Å². The summed E-state index contributed by atoms with van der Waals surface area (Å²) in [5.74, 6) is 0. The first kappa shape index (κ1) is 14.1. The molecule has 2 saturated heterocycles. The summed E-state index contributed by atoms with van der Waals surface area (Å²) < 4.78 is 14.6. The van der Waals surface area contributed by atoms with Gasteiger partial charge in [0.2, 0.25) is 0 Å². The molecular formula is C13H22N2O2S2. The summed E-state index contributed by atoms with van der Waals surface area (Å²) in [4.78, 5) is 3.55. The lowest BCUT2D eigenvalue weighted by molar-refractivity contribution is 0.0151. The van der Waals surface area contributed by atoms with Gasteiger partial charge in [-0.3, -0.25) is 4.90 Å². The minimum atomic E-state index is 0.155. The van der Waals surface area contributed by atoms with Crippen LogP contribution in [0.5, 0.6) is 0 Å². The van der Waals surface area contributed by atoms with Gasteiger partial charge in [0.15, 0.2) is 0 Å². The van der Waals surface area contributed by atoms with E-state index in [1.54, 1.807) is 0 Å². The van der Waals surface area contributed by atoms with Crippen molar-refractivity contribution in [3.05, 3.63) is 10.6 Å². The maximum absolute atomic E-state index is 6.22. The van der Waals surface area contributed by atoms with Gasteiger partial charge in [-0.2, -0.15) is 0 Å². The molecule has 1 aliphatic carbocycles. The Balaban J connectivity index is 1.51. The Kier molecular flexibility index (Phi) is 4.64. The fraction of sp³-hybridized carbons (Fsp3) is 0.846. The van der Waals surface area contributed by atoms with Crippen LogP contribution in [-0.4, -0.2) is 49.5 Å². The summed E-state index contributed by atoms with van der Waals surface area (Å²) in [6.45, 7) is 3.97. The highest BCUT2D eigenvalue weighted by Gasteiger charge is 2.34. The average Bonchev–Trinajstić information content (AvgIpc) is 3.12. The molecule has 0 saturated carbocycles. The van der Waals surface area contributed by atoms with E-state index in [-0.39, 0.29) is 6.10 Å². The molecule has 4 nitrogen and oxygen atoms in total. The van der Waals surface area contributed by atoms with E-state index in [0.717, 1.165) is 56.2 Å². The summed E-state index contributed by atoms with van der Waals surface area (Å²) in [6, 6.07) is 0.609. The first-order valence-corrected chi connectivity index (χ1v) is 7.96. The highest BCUT2D eigenvalue weighted by Crippen LogP contribution is 2.32. The zero-order valence-corrected chi connectivity index (χ0v) is 12.8. The topological polar surface area (TPSA) is 33.7 Å². The monoisotopic (exact) mass is 302 g/mol. The molecule has 0 aromatic carbocycles. The molecule has 0 radical (unpaired) electrons. The number of nitrogens with zero attached hydrogens (tertiary/aromatic N) is 1. The smallest absolute Gasteiger partial charge is 0.0906 e. The van der Waals surface area contributed by atoms with E-state index < -0.39 is 0 Å². The molecule has 2 aliphatic heterocycles. The Morgan fingerprint density at radius 2 is 2.21 bits per heavy atom. The lowest BCUT2D eigenvalue weighted by atomic mass is 10.2. The Labute approximate surface area is 125 Å². The van der Waals surface area contributed by atoms with Gasteiger partial charge in [-0.1, -0.05) is 12.8 Å². The number of ether oxygens (including phenoxy) is 2. The predicted molar refractivity (Wildman–Crippen MR) is 81.4 cm³/mol. The third kappa shape index (κ3) is 3.08. The number of rotatable bonds is 4. The molecule has 0 aromatic heterocycles. The summed E-state index contributed by atoms with van der Waals surface area (Å²) in [5.41, 5.74) is 1.11. The minimum absolute atomic E-state index is 0.155. The van der Waals surface area contributed by atoms with E-state index in [1.807, 2.05) is 0 Å². The Morgan fingerprint density at radius 1 is 1.32 bits per heavy atom. The highest BCUT2D eigenvalue weighted by molar-refractivity contribution is 7.84.